The maximum absolute atomic E-state index is 5.72. The van der Waals surface area contributed by atoms with Crippen LogP contribution < -0.4 is 10.6 Å². The van der Waals surface area contributed by atoms with E-state index >= 15 is 0 Å². The number of rotatable bonds is 4. The molecule has 18 heavy (non-hydrogen) atoms. The van der Waals surface area contributed by atoms with Crippen molar-refractivity contribution in [2.24, 2.45) is 17.6 Å². The smallest absolute Gasteiger partial charge is 0.244 e. The first-order chi connectivity index (χ1) is 8.78. The van der Waals surface area contributed by atoms with E-state index in [4.69, 9.17) is 5.73 Å². The fourth-order valence-corrected chi connectivity index (χ4v) is 2.80. The zero-order chi connectivity index (χ0) is 12.5. The molecular weight excluding hydrogens is 226 g/mol. The van der Waals surface area contributed by atoms with E-state index in [0.717, 1.165) is 37.3 Å². The Bertz CT molecular complexity index is 390. The van der Waals surface area contributed by atoms with E-state index in [1.165, 1.54) is 25.7 Å². The number of nitrogens with zero attached hydrogens (tertiary/aromatic N) is 3. The molecule has 1 saturated carbocycles. The van der Waals surface area contributed by atoms with Crippen LogP contribution in [0.4, 0.5) is 5.95 Å². The molecule has 1 atom stereocenters. The lowest BCUT2D eigenvalue weighted by Gasteiger charge is -2.30. The van der Waals surface area contributed by atoms with Gasteiger partial charge in [0, 0.05) is 19.0 Å². The highest BCUT2D eigenvalue weighted by molar-refractivity contribution is 5.30. The SMILES string of the molecule is CC(c1nc(N2CCC(CN)CC2)n[nH]1)C1CC1. The Labute approximate surface area is 108 Å². The molecule has 0 radical (unpaired) electrons. The highest BCUT2D eigenvalue weighted by atomic mass is 15.4. The number of aromatic nitrogens is 3. The van der Waals surface area contributed by atoms with Crippen LogP contribution in [0.2, 0.25) is 0 Å². The van der Waals surface area contributed by atoms with Crippen molar-refractivity contribution in [3.8, 4) is 0 Å². The number of H-pyrrole nitrogens is 1. The van der Waals surface area contributed by atoms with Gasteiger partial charge in [0.15, 0.2) is 0 Å². The third-order valence-corrected chi connectivity index (χ3v) is 4.48. The monoisotopic (exact) mass is 249 g/mol. The van der Waals surface area contributed by atoms with E-state index in [1.807, 2.05) is 0 Å². The molecule has 0 amide bonds. The van der Waals surface area contributed by atoms with Gasteiger partial charge in [0.2, 0.25) is 5.95 Å². The van der Waals surface area contributed by atoms with Gasteiger partial charge < -0.3 is 10.6 Å². The minimum Gasteiger partial charge on any atom is -0.340 e. The normalized spacial score (nSPS) is 23.3. The van der Waals surface area contributed by atoms with Crippen LogP contribution in [-0.2, 0) is 0 Å². The topological polar surface area (TPSA) is 70.8 Å². The zero-order valence-corrected chi connectivity index (χ0v) is 11.1. The van der Waals surface area contributed by atoms with E-state index in [1.54, 1.807) is 0 Å². The van der Waals surface area contributed by atoms with Gasteiger partial charge in [-0.25, -0.2) is 0 Å². The minimum atomic E-state index is 0.535. The van der Waals surface area contributed by atoms with E-state index in [2.05, 4.69) is 27.0 Å². The van der Waals surface area contributed by atoms with Gasteiger partial charge in [0.25, 0.3) is 0 Å². The first-order valence-corrected chi connectivity index (χ1v) is 7.15. The van der Waals surface area contributed by atoms with E-state index in [-0.39, 0.29) is 0 Å². The van der Waals surface area contributed by atoms with Crippen molar-refractivity contribution in [3.05, 3.63) is 5.82 Å². The molecule has 1 aliphatic carbocycles. The Morgan fingerprint density at radius 3 is 2.67 bits per heavy atom. The summed E-state index contributed by atoms with van der Waals surface area (Å²) in [7, 11) is 0. The van der Waals surface area contributed by atoms with Crippen LogP contribution >= 0.6 is 0 Å². The lowest BCUT2D eigenvalue weighted by molar-refractivity contribution is 0.411. The Hall–Kier alpha value is -1.10. The molecular formula is C13H23N5. The second kappa shape index (κ2) is 4.88. The predicted octanol–water partition coefficient (Wildman–Crippen LogP) is 1.49. The number of piperidine rings is 1. The van der Waals surface area contributed by atoms with Crippen LogP contribution in [0.15, 0.2) is 0 Å². The number of aromatic amines is 1. The summed E-state index contributed by atoms with van der Waals surface area (Å²) < 4.78 is 0. The van der Waals surface area contributed by atoms with Gasteiger partial charge in [-0.3, -0.25) is 5.10 Å². The largest absolute Gasteiger partial charge is 0.340 e. The molecule has 1 aliphatic heterocycles. The highest BCUT2D eigenvalue weighted by Gasteiger charge is 2.31. The van der Waals surface area contributed by atoms with Crippen molar-refractivity contribution >= 4 is 5.95 Å². The molecule has 3 rings (SSSR count). The average Bonchev–Trinajstić information content (AvgIpc) is 3.15. The van der Waals surface area contributed by atoms with E-state index in [9.17, 15) is 0 Å². The van der Waals surface area contributed by atoms with Gasteiger partial charge in [0.1, 0.15) is 5.82 Å². The summed E-state index contributed by atoms with van der Waals surface area (Å²) in [6.07, 6.45) is 5.02. The van der Waals surface area contributed by atoms with Crippen LogP contribution in [0, 0.1) is 11.8 Å². The molecule has 2 fully saturated rings. The Kier molecular flexibility index (Phi) is 3.24. The quantitative estimate of drug-likeness (QED) is 0.848. The van der Waals surface area contributed by atoms with Crippen molar-refractivity contribution in [1.82, 2.24) is 15.2 Å². The highest BCUT2D eigenvalue weighted by Crippen LogP contribution is 2.41. The molecule has 0 spiro atoms. The van der Waals surface area contributed by atoms with Gasteiger partial charge in [-0.2, -0.15) is 4.98 Å². The number of nitrogens with two attached hydrogens (primary N) is 1. The van der Waals surface area contributed by atoms with Crippen molar-refractivity contribution in [3.63, 3.8) is 0 Å². The Morgan fingerprint density at radius 2 is 2.06 bits per heavy atom. The number of hydrogen-bond acceptors (Lipinski definition) is 4. The second-order valence-electron chi connectivity index (χ2n) is 5.81. The molecule has 100 valence electrons. The van der Waals surface area contributed by atoms with Crippen molar-refractivity contribution in [2.75, 3.05) is 24.5 Å². The number of nitrogens with one attached hydrogen (secondary N) is 1. The van der Waals surface area contributed by atoms with Crippen molar-refractivity contribution in [1.29, 1.82) is 0 Å². The van der Waals surface area contributed by atoms with E-state index in [0.29, 0.717) is 11.8 Å². The summed E-state index contributed by atoms with van der Waals surface area (Å²) in [4.78, 5) is 6.96. The third-order valence-electron chi connectivity index (χ3n) is 4.48. The lowest BCUT2D eigenvalue weighted by Crippen LogP contribution is -2.36. The predicted molar refractivity (Wildman–Crippen MR) is 71.5 cm³/mol. The van der Waals surface area contributed by atoms with Gasteiger partial charge in [-0.1, -0.05) is 6.92 Å². The van der Waals surface area contributed by atoms with Gasteiger partial charge in [-0.05, 0) is 44.1 Å². The molecule has 1 aromatic heterocycles. The summed E-state index contributed by atoms with van der Waals surface area (Å²) in [6, 6.07) is 0. The number of anilines is 1. The van der Waals surface area contributed by atoms with Crippen LogP contribution in [0.5, 0.6) is 0 Å². The van der Waals surface area contributed by atoms with E-state index < -0.39 is 0 Å². The fraction of sp³-hybridized carbons (Fsp3) is 0.846. The van der Waals surface area contributed by atoms with Gasteiger partial charge in [0.05, 0.1) is 0 Å². The average molecular weight is 249 g/mol. The molecule has 1 aromatic rings. The molecule has 2 aliphatic rings. The Balaban J connectivity index is 1.62. The first kappa shape index (κ1) is 12.0. The second-order valence-corrected chi connectivity index (χ2v) is 5.81. The molecule has 5 nitrogen and oxygen atoms in total. The maximum atomic E-state index is 5.72. The maximum Gasteiger partial charge on any atom is 0.244 e. The van der Waals surface area contributed by atoms with Gasteiger partial charge >= 0.3 is 0 Å². The minimum absolute atomic E-state index is 0.535. The molecule has 5 heteroatoms. The number of hydrogen-bond donors (Lipinski definition) is 2. The van der Waals surface area contributed by atoms with Crippen LogP contribution in [0.1, 0.15) is 44.3 Å². The van der Waals surface area contributed by atoms with Crippen LogP contribution in [0.3, 0.4) is 0 Å². The lowest BCUT2D eigenvalue weighted by atomic mass is 9.97. The molecule has 1 saturated heterocycles. The van der Waals surface area contributed by atoms with Gasteiger partial charge in [-0.15, -0.1) is 5.10 Å². The summed E-state index contributed by atoms with van der Waals surface area (Å²) in [5, 5.41) is 7.50. The summed E-state index contributed by atoms with van der Waals surface area (Å²) in [6.45, 7) is 5.14. The first-order valence-electron chi connectivity index (χ1n) is 7.15. The Morgan fingerprint density at radius 1 is 1.33 bits per heavy atom. The zero-order valence-electron chi connectivity index (χ0n) is 11.1. The summed E-state index contributed by atoms with van der Waals surface area (Å²) in [5.74, 6) is 3.99. The van der Waals surface area contributed by atoms with Crippen LogP contribution in [-0.4, -0.2) is 34.8 Å². The molecule has 1 unspecified atom stereocenters. The standard InChI is InChI=1S/C13H23N5/c1-9(11-2-3-11)12-15-13(17-16-12)18-6-4-10(8-14)5-7-18/h9-11H,2-8,14H2,1H3,(H,15,16,17). The van der Waals surface area contributed by atoms with Crippen LogP contribution in [0.25, 0.3) is 0 Å². The third kappa shape index (κ3) is 2.36. The fourth-order valence-electron chi connectivity index (χ4n) is 2.80. The van der Waals surface area contributed by atoms with Crippen molar-refractivity contribution in [2.45, 2.75) is 38.5 Å². The summed E-state index contributed by atoms with van der Waals surface area (Å²) >= 11 is 0. The molecule has 0 bridgehead atoms. The summed E-state index contributed by atoms with van der Waals surface area (Å²) in [5.41, 5.74) is 5.72. The molecule has 3 N–H and O–H groups in total. The molecule has 2 heterocycles. The molecule has 0 aromatic carbocycles. The van der Waals surface area contributed by atoms with Crippen molar-refractivity contribution < 1.29 is 0 Å².